The first kappa shape index (κ1) is 51.1. The second kappa shape index (κ2) is 30.0. The van der Waals surface area contributed by atoms with Gasteiger partial charge in [-0.2, -0.15) is 16.8 Å². The molecule has 2 aromatic rings. The van der Waals surface area contributed by atoms with E-state index in [1.165, 1.54) is 152 Å². The van der Waals surface area contributed by atoms with Crippen LogP contribution in [0.1, 0.15) is 205 Å². The minimum Gasteiger partial charge on any atom is -0.326 e. The van der Waals surface area contributed by atoms with Crippen LogP contribution in [-0.4, -0.2) is 37.8 Å². The first-order valence-corrected chi connectivity index (χ1v) is 25.2. The zero-order valence-electron chi connectivity index (χ0n) is 35.6. The first-order valence-electron chi connectivity index (χ1n) is 22.4. The Hall–Kier alpha value is -3.06. The average molecular weight is 847 g/mol. The summed E-state index contributed by atoms with van der Waals surface area (Å²) >= 11 is 0. The molecule has 0 unspecified atom stereocenters. The molecule has 0 saturated carbocycles. The Morgan fingerprint density at radius 1 is 0.448 bits per heavy atom. The zero-order valence-corrected chi connectivity index (χ0v) is 37.2. The lowest BCUT2D eigenvalue weighted by atomic mass is 10.0. The second-order valence-corrected chi connectivity index (χ2v) is 18.7. The molecule has 328 valence electrons. The summed E-state index contributed by atoms with van der Waals surface area (Å²) < 4.78 is 69.3. The van der Waals surface area contributed by atoms with Crippen molar-refractivity contribution in [3.63, 3.8) is 0 Å². The van der Waals surface area contributed by atoms with Gasteiger partial charge >= 0.3 is 0 Å². The molecule has 58 heavy (non-hydrogen) atoms. The van der Waals surface area contributed by atoms with Crippen molar-refractivity contribution in [3.05, 3.63) is 47.5 Å². The Balaban J connectivity index is 1.84. The van der Waals surface area contributed by atoms with Gasteiger partial charge < -0.3 is 10.6 Å². The van der Waals surface area contributed by atoms with E-state index in [1.54, 1.807) is 0 Å². The molecule has 0 aromatic heterocycles. The van der Waals surface area contributed by atoms with Gasteiger partial charge in [0.1, 0.15) is 9.79 Å². The van der Waals surface area contributed by atoms with Crippen LogP contribution in [0.2, 0.25) is 0 Å². The largest absolute Gasteiger partial charge is 0.326 e. The predicted octanol–water partition coefficient (Wildman–Crippen LogP) is 13.2. The Labute approximate surface area is 351 Å². The molecule has 12 heteroatoms. The highest BCUT2D eigenvalue weighted by atomic mass is 32.2. The van der Waals surface area contributed by atoms with Crippen LogP contribution >= 0.6 is 0 Å². The molecule has 0 fully saturated rings. The van der Waals surface area contributed by atoms with E-state index in [-0.39, 0.29) is 47.2 Å². The van der Waals surface area contributed by atoms with Gasteiger partial charge in [-0.25, -0.2) is 0 Å². The standard InChI is InChI=1S/C46H74N2O8S2/c1-3-5-7-9-11-13-15-17-19-21-23-25-27-29-45(49)47-41-35-33-39(43(37-41)57(51,52)53)31-32-40-34-36-42(38-44(40)58(54,55)56)48-46(50)30-28-26-24-22-20-18-16-14-12-10-8-6-4-2/h31-38H,3-30H2,1-2H3,(H,47,49)(H,48,50)(H,51,52,53)(H,54,55,56)/b32-31+. The molecule has 2 amide bonds. The summed E-state index contributed by atoms with van der Waals surface area (Å²) in [4.78, 5) is 24.3. The first-order chi connectivity index (χ1) is 27.8. The average Bonchev–Trinajstić information content (AvgIpc) is 3.17. The molecule has 0 aliphatic rings. The number of hydrogen-bond donors (Lipinski definition) is 4. The maximum atomic E-state index is 12.6. The summed E-state index contributed by atoms with van der Waals surface area (Å²) in [5.41, 5.74) is 0.464. The van der Waals surface area contributed by atoms with Crippen molar-refractivity contribution in [3.8, 4) is 0 Å². The van der Waals surface area contributed by atoms with Crippen LogP contribution in [0.5, 0.6) is 0 Å². The Bertz CT molecular complexity index is 1600. The topological polar surface area (TPSA) is 167 Å². The smallest absolute Gasteiger partial charge is 0.295 e. The Morgan fingerprint density at radius 3 is 0.966 bits per heavy atom. The normalized spacial score (nSPS) is 12.0. The summed E-state index contributed by atoms with van der Waals surface area (Å²) in [5.74, 6) is -0.524. The van der Waals surface area contributed by atoms with Gasteiger partial charge in [-0.1, -0.05) is 192 Å². The van der Waals surface area contributed by atoms with E-state index in [9.17, 15) is 35.5 Å². The monoisotopic (exact) mass is 846 g/mol. The van der Waals surface area contributed by atoms with Crippen LogP contribution in [0.3, 0.4) is 0 Å². The van der Waals surface area contributed by atoms with Crippen molar-refractivity contribution in [2.45, 2.75) is 203 Å². The third kappa shape index (κ3) is 23.5. The van der Waals surface area contributed by atoms with Gasteiger partial charge in [-0.3, -0.25) is 18.7 Å². The van der Waals surface area contributed by atoms with E-state index < -0.39 is 30.0 Å². The highest BCUT2D eigenvalue weighted by Gasteiger charge is 2.18. The quantitative estimate of drug-likeness (QED) is 0.0307. The van der Waals surface area contributed by atoms with Crippen LogP contribution in [0.25, 0.3) is 12.2 Å². The molecule has 10 nitrogen and oxygen atoms in total. The van der Waals surface area contributed by atoms with Gasteiger partial charge in [0.2, 0.25) is 11.8 Å². The predicted molar refractivity (Wildman–Crippen MR) is 239 cm³/mol. The number of rotatable bonds is 34. The molecule has 0 radical (unpaired) electrons. The van der Waals surface area contributed by atoms with Crippen molar-refractivity contribution >= 4 is 55.6 Å². The van der Waals surface area contributed by atoms with Crippen molar-refractivity contribution in [1.82, 2.24) is 0 Å². The molecular weight excluding hydrogens is 773 g/mol. The van der Waals surface area contributed by atoms with Crippen molar-refractivity contribution in [2.24, 2.45) is 0 Å². The van der Waals surface area contributed by atoms with Gasteiger partial charge in [-0.05, 0) is 48.2 Å². The number of nitrogens with one attached hydrogen (secondary N) is 2. The minimum atomic E-state index is -4.74. The number of benzene rings is 2. The molecule has 2 aromatic carbocycles. The molecule has 0 spiro atoms. The molecule has 2 rings (SSSR count). The fourth-order valence-corrected chi connectivity index (χ4v) is 8.60. The summed E-state index contributed by atoms with van der Waals surface area (Å²) in [6.07, 6.45) is 34.2. The van der Waals surface area contributed by atoms with Gasteiger partial charge in [0.05, 0.1) is 0 Å². The lowest BCUT2D eigenvalue weighted by molar-refractivity contribution is -0.117. The van der Waals surface area contributed by atoms with Crippen molar-refractivity contribution in [1.29, 1.82) is 0 Å². The van der Waals surface area contributed by atoms with E-state index in [0.29, 0.717) is 12.8 Å². The van der Waals surface area contributed by atoms with Crippen molar-refractivity contribution in [2.75, 3.05) is 10.6 Å². The Kier molecular flexibility index (Phi) is 26.5. The molecule has 0 atom stereocenters. The maximum Gasteiger partial charge on any atom is 0.295 e. The van der Waals surface area contributed by atoms with E-state index in [0.717, 1.165) is 50.7 Å². The number of unbranched alkanes of at least 4 members (excludes halogenated alkanes) is 24. The molecular formula is C46H74N2O8S2. The molecule has 0 heterocycles. The van der Waals surface area contributed by atoms with Crippen LogP contribution in [-0.2, 0) is 29.8 Å². The van der Waals surface area contributed by atoms with Crippen LogP contribution in [0.4, 0.5) is 11.4 Å². The molecule has 4 N–H and O–H groups in total. The fraction of sp³-hybridized carbons (Fsp3) is 0.652. The highest BCUT2D eigenvalue weighted by Crippen LogP contribution is 2.27. The highest BCUT2D eigenvalue weighted by molar-refractivity contribution is 7.86. The number of anilines is 2. The fourth-order valence-electron chi connectivity index (χ4n) is 7.18. The second-order valence-electron chi connectivity index (χ2n) is 15.9. The van der Waals surface area contributed by atoms with E-state index in [2.05, 4.69) is 24.5 Å². The van der Waals surface area contributed by atoms with Gasteiger partial charge in [-0.15, -0.1) is 0 Å². The van der Waals surface area contributed by atoms with E-state index >= 15 is 0 Å². The van der Waals surface area contributed by atoms with Gasteiger partial charge in [0.15, 0.2) is 0 Å². The van der Waals surface area contributed by atoms with Gasteiger partial charge in [0, 0.05) is 24.2 Å². The summed E-state index contributed by atoms with van der Waals surface area (Å²) in [5, 5.41) is 5.40. The number of amides is 2. The summed E-state index contributed by atoms with van der Waals surface area (Å²) in [6.45, 7) is 4.46. The zero-order chi connectivity index (χ0) is 42.5. The van der Waals surface area contributed by atoms with Gasteiger partial charge in [0.25, 0.3) is 20.2 Å². The molecule has 0 saturated heterocycles. The third-order valence-electron chi connectivity index (χ3n) is 10.6. The molecule has 0 bridgehead atoms. The lowest BCUT2D eigenvalue weighted by Gasteiger charge is -2.10. The number of carbonyl (C=O) groups excluding carboxylic acids is 2. The SMILES string of the molecule is CCCCCCCCCCCCCCCC(=O)Nc1ccc(/C=C/c2ccc(NC(=O)CCCCCCCCCCCCCCC)cc2S(=O)(=O)O)c(S(=O)(=O)O)c1. The number of hydrogen-bond acceptors (Lipinski definition) is 6. The van der Waals surface area contributed by atoms with Crippen LogP contribution in [0.15, 0.2) is 46.2 Å². The maximum absolute atomic E-state index is 12.6. The number of carbonyl (C=O) groups is 2. The molecule has 0 aliphatic carbocycles. The van der Waals surface area contributed by atoms with E-state index in [1.807, 2.05) is 0 Å². The van der Waals surface area contributed by atoms with Crippen LogP contribution < -0.4 is 10.6 Å². The van der Waals surface area contributed by atoms with Crippen LogP contribution in [0, 0.1) is 0 Å². The lowest BCUT2D eigenvalue weighted by Crippen LogP contribution is -2.12. The minimum absolute atomic E-state index is 0.0356. The summed E-state index contributed by atoms with van der Waals surface area (Å²) in [7, 11) is -9.47. The molecule has 0 aliphatic heterocycles. The third-order valence-corrected chi connectivity index (χ3v) is 12.4. The Morgan fingerprint density at radius 2 is 0.707 bits per heavy atom. The van der Waals surface area contributed by atoms with E-state index in [4.69, 9.17) is 0 Å². The van der Waals surface area contributed by atoms with Crippen molar-refractivity contribution < 1.29 is 35.5 Å². The summed E-state index contributed by atoms with van der Waals surface area (Å²) in [6, 6.07) is 8.06.